The zero-order valence-electron chi connectivity index (χ0n) is 11.7. The summed E-state index contributed by atoms with van der Waals surface area (Å²) < 4.78 is 1.14. The highest BCUT2D eigenvalue weighted by atomic mass is 79.9. The van der Waals surface area contributed by atoms with E-state index in [0.29, 0.717) is 17.7 Å². The minimum absolute atomic E-state index is 0.563. The molecular formula is C15H23BrClN. The monoisotopic (exact) mass is 331 g/mol. The quantitative estimate of drug-likeness (QED) is 0.638. The second-order valence-electron chi connectivity index (χ2n) is 5.61. The fourth-order valence-electron chi connectivity index (χ4n) is 2.04. The maximum absolute atomic E-state index is 5.87. The third kappa shape index (κ3) is 4.81. The van der Waals surface area contributed by atoms with Gasteiger partial charge in [0.05, 0.1) is 5.69 Å². The molecule has 0 saturated carbocycles. The molecule has 1 aromatic rings. The third-order valence-electron chi connectivity index (χ3n) is 2.68. The van der Waals surface area contributed by atoms with Gasteiger partial charge in [0.25, 0.3) is 0 Å². The molecule has 3 heteroatoms. The molecule has 0 heterocycles. The van der Waals surface area contributed by atoms with Crippen molar-refractivity contribution in [2.75, 3.05) is 18.0 Å². The lowest BCUT2D eigenvalue weighted by atomic mass is 10.1. The van der Waals surface area contributed by atoms with Crippen molar-refractivity contribution in [1.82, 2.24) is 0 Å². The molecule has 0 atom stereocenters. The summed E-state index contributed by atoms with van der Waals surface area (Å²) in [7, 11) is 0. The van der Waals surface area contributed by atoms with Crippen LogP contribution in [0.5, 0.6) is 0 Å². The van der Waals surface area contributed by atoms with Crippen LogP contribution in [0, 0.1) is 11.8 Å². The molecule has 0 unspecified atom stereocenters. The van der Waals surface area contributed by atoms with Crippen LogP contribution >= 0.6 is 27.5 Å². The summed E-state index contributed by atoms with van der Waals surface area (Å²) in [5.74, 6) is 1.87. The van der Waals surface area contributed by atoms with Crippen LogP contribution in [0.2, 0.25) is 0 Å². The predicted molar refractivity (Wildman–Crippen MR) is 85.6 cm³/mol. The van der Waals surface area contributed by atoms with Gasteiger partial charge in [0.2, 0.25) is 0 Å². The molecule has 102 valence electrons. The highest BCUT2D eigenvalue weighted by molar-refractivity contribution is 9.10. The van der Waals surface area contributed by atoms with Crippen LogP contribution in [0.4, 0.5) is 5.69 Å². The van der Waals surface area contributed by atoms with Crippen LogP contribution in [0.25, 0.3) is 0 Å². The lowest BCUT2D eigenvalue weighted by Gasteiger charge is -2.29. The summed E-state index contributed by atoms with van der Waals surface area (Å²) in [6, 6.07) is 6.41. The lowest BCUT2D eigenvalue weighted by molar-refractivity contribution is 0.552. The first kappa shape index (κ1) is 15.8. The Kier molecular flexibility index (Phi) is 6.51. The highest BCUT2D eigenvalue weighted by Gasteiger charge is 2.13. The molecule has 0 amide bonds. The van der Waals surface area contributed by atoms with Crippen LogP contribution in [0.15, 0.2) is 22.7 Å². The topological polar surface area (TPSA) is 3.24 Å². The molecule has 1 aromatic carbocycles. The second-order valence-corrected chi connectivity index (χ2v) is 6.73. The molecule has 0 bridgehead atoms. The molecule has 0 spiro atoms. The van der Waals surface area contributed by atoms with E-state index < -0.39 is 0 Å². The van der Waals surface area contributed by atoms with Crippen molar-refractivity contribution in [2.45, 2.75) is 33.6 Å². The Morgan fingerprint density at radius 3 is 2.06 bits per heavy atom. The van der Waals surface area contributed by atoms with Crippen molar-refractivity contribution in [3.63, 3.8) is 0 Å². The van der Waals surface area contributed by atoms with Gasteiger partial charge in [0, 0.05) is 23.4 Å². The van der Waals surface area contributed by atoms with E-state index in [1.165, 1.54) is 5.69 Å². The molecule has 0 aromatic heterocycles. The lowest BCUT2D eigenvalue weighted by Crippen LogP contribution is -2.31. The zero-order chi connectivity index (χ0) is 13.7. The molecule has 0 aliphatic carbocycles. The molecule has 0 aliphatic rings. The van der Waals surface area contributed by atoms with Gasteiger partial charge in [-0.1, -0.05) is 33.8 Å². The number of hydrogen-bond donors (Lipinski definition) is 0. The minimum atomic E-state index is 0.563. The maximum Gasteiger partial charge on any atom is 0.0511 e. The van der Waals surface area contributed by atoms with Gasteiger partial charge in [-0.25, -0.2) is 0 Å². The number of anilines is 1. The van der Waals surface area contributed by atoms with Gasteiger partial charge in [-0.05, 0) is 45.5 Å². The van der Waals surface area contributed by atoms with Gasteiger partial charge in [-0.3, -0.25) is 0 Å². The largest absolute Gasteiger partial charge is 0.370 e. The SMILES string of the molecule is CC(C)CN(CC(C)C)c1ccc(CCl)cc1Br. The standard InChI is InChI=1S/C15H23BrClN/c1-11(2)9-18(10-12(3)4)15-6-5-13(8-17)7-14(15)16/h5-7,11-12H,8-10H2,1-4H3. The van der Waals surface area contributed by atoms with Gasteiger partial charge >= 0.3 is 0 Å². The molecule has 18 heavy (non-hydrogen) atoms. The van der Waals surface area contributed by atoms with E-state index in [9.17, 15) is 0 Å². The minimum Gasteiger partial charge on any atom is -0.370 e. The molecular weight excluding hydrogens is 310 g/mol. The van der Waals surface area contributed by atoms with Crippen LogP contribution in [-0.4, -0.2) is 13.1 Å². The first-order valence-electron chi connectivity index (χ1n) is 6.53. The fourth-order valence-corrected chi connectivity index (χ4v) is 2.89. The van der Waals surface area contributed by atoms with E-state index in [1.807, 2.05) is 0 Å². The average molecular weight is 333 g/mol. The number of rotatable bonds is 6. The first-order chi connectivity index (χ1) is 8.43. The zero-order valence-corrected chi connectivity index (χ0v) is 14.1. The summed E-state index contributed by atoms with van der Waals surface area (Å²) in [6.45, 7) is 11.2. The summed E-state index contributed by atoms with van der Waals surface area (Å²) in [5.41, 5.74) is 2.42. The molecule has 1 nitrogen and oxygen atoms in total. The summed E-state index contributed by atoms with van der Waals surface area (Å²) in [4.78, 5) is 2.46. The summed E-state index contributed by atoms with van der Waals surface area (Å²) in [5, 5.41) is 0. The van der Waals surface area contributed by atoms with Crippen molar-refractivity contribution in [3.05, 3.63) is 28.2 Å². The number of benzene rings is 1. The molecule has 0 saturated heterocycles. The Balaban J connectivity index is 2.96. The van der Waals surface area contributed by atoms with E-state index >= 15 is 0 Å². The number of hydrogen-bond acceptors (Lipinski definition) is 1. The third-order valence-corrected chi connectivity index (χ3v) is 3.62. The van der Waals surface area contributed by atoms with Crippen molar-refractivity contribution < 1.29 is 0 Å². The molecule has 0 aliphatic heterocycles. The van der Waals surface area contributed by atoms with E-state index in [1.54, 1.807) is 0 Å². The summed E-state index contributed by atoms with van der Waals surface area (Å²) >= 11 is 9.53. The van der Waals surface area contributed by atoms with Gasteiger partial charge < -0.3 is 4.90 Å². The fraction of sp³-hybridized carbons (Fsp3) is 0.600. The van der Waals surface area contributed by atoms with Gasteiger partial charge in [-0.15, -0.1) is 11.6 Å². The maximum atomic E-state index is 5.87. The highest BCUT2D eigenvalue weighted by Crippen LogP contribution is 2.29. The molecule has 0 radical (unpaired) electrons. The van der Waals surface area contributed by atoms with Gasteiger partial charge in [0.15, 0.2) is 0 Å². The van der Waals surface area contributed by atoms with E-state index in [0.717, 1.165) is 23.1 Å². The van der Waals surface area contributed by atoms with E-state index in [2.05, 4.69) is 66.7 Å². The Morgan fingerprint density at radius 1 is 1.11 bits per heavy atom. The summed E-state index contributed by atoms with van der Waals surface area (Å²) in [6.07, 6.45) is 0. The number of nitrogens with zero attached hydrogens (tertiary/aromatic N) is 1. The Bertz CT molecular complexity index is 367. The second kappa shape index (κ2) is 7.40. The predicted octanol–water partition coefficient (Wildman–Crippen LogP) is 5.31. The average Bonchev–Trinajstić information content (AvgIpc) is 2.26. The van der Waals surface area contributed by atoms with Crippen molar-refractivity contribution >= 4 is 33.2 Å². The molecule has 0 fully saturated rings. The van der Waals surface area contributed by atoms with E-state index in [4.69, 9.17) is 11.6 Å². The first-order valence-corrected chi connectivity index (χ1v) is 7.86. The van der Waals surface area contributed by atoms with Crippen LogP contribution in [0.3, 0.4) is 0 Å². The van der Waals surface area contributed by atoms with Crippen LogP contribution < -0.4 is 4.90 Å². The number of alkyl halides is 1. The van der Waals surface area contributed by atoms with E-state index in [-0.39, 0.29) is 0 Å². The van der Waals surface area contributed by atoms with Crippen molar-refractivity contribution in [3.8, 4) is 0 Å². The number of halogens is 2. The van der Waals surface area contributed by atoms with Gasteiger partial charge in [-0.2, -0.15) is 0 Å². The van der Waals surface area contributed by atoms with Crippen molar-refractivity contribution in [1.29, 1.82) is 0 Å². The normalized spacial score (nSPS) is 11.3. The van der Waals surface area contributed by atoms with Crippen LogP contribution in [-0.2, 0) is 5.88 Å². The Morgan fingerprint density at radius 2 is 1.67 bits per heavy atom. The molecule has 1 rings (SSSR count). The Labute approximate surface area is 125 Å². The molecule has 0 N–H and O–H groups in total. The van der Waals surface area contributed by atoms with Crippen molar-refractivity contribution in [2.24, 2.45) is 11.8 Å². The van der Waals surface area contributed by atoms with Gasteiger partial charge in [0.1, 0.15) is 0 Å². The van der Waals surface area contributed by atoms with Crippen LogP contribution in [0.1, 0.15) is 33.3 Å². The Hall–Kier alpha value is -0.210. The smallest absolute Gasteiger partial charge is 0.0511 e.